The fraction of sp³-hybridized carbons (Fsp3) is 0.467. The summed E-state index contributed by atoms with van der Waals surface area (Å²) >= 11 is 0. The minimum atomic E-state index is -1.14. The van der Waals surface area contributed by atoms with Gasteiger partial charge in [-0.15, -0.1) is 0 Å². The molecule has 0 saturated carbocycles. The van der Waals surface area contributed by atoms with Crippen molar-refractivity contribution in [3.8, 4) is 0 Å². The molecule has 0 bridgehead atoms. The lowest BCUT2D eigenvalue weighted by molar-refractivity contribution is 0.0698. The molecular formula is C15H18N4O5. The highest BCUT2D eigenvalue weighted by atomic mass is 16.6. The van der Waals surface area contributed by atoms with E-state index in [1.807, 2.05) is 0 Å². The van der Waals surface area contributed by atoms with E-state index in [4.69, 9.17) is 4.74 Å². The van der Waals surface area contributed by atoms with Gasteiger partial charge < -0.3 is 14.7 Å². The highest BCUT2D eigenvalue weighted by molar-refractivity contribution is 5.94. The van der Waals surface area contributed by atoms with Crippen LogP contribution in [0.4, 0.5) is 4.79 Å². The van der Waals surface area contributed by atoms with Gasteiger partial charge in [0.2, 0.25) is 0 Å². The molecule has 1 aliphatic rings. The quantitative estimate of drug-likeness (QED) is 0.866. The minimum Gasteiger partial charge on any atom is -0.477 e. The lowest BCUT2D eigenvalue weighted by atomic mass is 9.93. The number of aromatic amines is 1. The van der Waals surface area contributed by atoms with Crippen LogP contribution in [0.25, 0.3) is 5.65 Å². The summed E-state index contributed by atoms with van der Waals surface area (Å²) in [6.45, 7) is 3.13. The number of carboxylic acid groups (broad SMARTS) is 1. The molecule has 0 spiro atoms. The van der Waals surface area contributed by atoms with Crippen molar-refractivity contribution in [1.82, 2.24) is 19.5 Å². The van der Waals surface area contributed by atoms with Crippen molar-refractivity contribution >= 4 is 17.7 Å². The van der Waals surface area contributed by atoms with E-state index in [0.717, 1.165) is 4.52 Å². The van der Waals surface area contributed by atoms with Crippen molar-refractivity contribution in [2.75, 3.05) is 19.7 Å². The largest absolute Gasteiger partial charge is 0.477 e. The number of ether oxygens (including phenoxy) is 1. The molecule has 24 heavy (non-hydrogen) atoms. The number of amides is 1. The molecule has 2 aromatic heterocycles. The predicted octanol–water partition coefficient (Wildman–Crippen LogP) is 1.06. The van der Waals surface area contributed by atoms with E-state index < -0.39 is 5.97 Å². The minimum absolute atomic E-state index is 0.00456. The van der Waals surface area contributed by atoms with E-state index in [2.05, 4.69) is 10.1 Å². The van der Waals surface area contributed by atoms with E-state index in [1.165, 1.54) is 12.3 Å². The van der Waals surface area contributed by atoms with Crippen molar-refractivity contribution in [1.29, 1.82) is 0 Å². The number of piperidine rings is 1. The number of H-pyrrole nitrogens is 1. The molecule has 1 saturated heterocycles. The van der Waals surface area contributed by atoms with Crippen molar-refractivity contribution < 1.29 is 19.4 Å². The van der Waals surface area contributed by atoms with Crippen LogP contribution in [0.15, 0.2) is 17.1 Å². The van der Waals surface area contributed by atoms with Gasteiger partial charge in [0.05, 0.1) is 12.3 Å². The molecule has 2 aromatic rings. The van der Waals surface area contributed by atoms with E-state index in [-0.39, 0.29) is 28.8 Å². The summed E-state index contributed by atoms with van der Waals surface area (Å²) in [6.07, 6.45) is 2.21. The van der Waals surface area contributed by atoms with Gasteiger partial charge in [0.1, 0.15) is 5.56 Å². The first kappa shape index (κ1) is 16.0. The number of hydrogen-bond acceptors (Lipinski definition) is 5. The molecule has 0 unspecified atom stereocenters. The predicted molar refractivity (Wildman–Crippen MR) is 83.3 cm³/mol. The summed E-state index contributed by atoms with van der Waals surface area (Å²) in [4.78, 5) is 41.1. The monoisotopic (exact) mass is 334 g/mol. The Morgan fingerprint density at radius 3 is 2.75 bits per heavy atom. The van der Waals surface area contributed by atoms with Crippen LogP contribution < -0.4 is 5.56 Å². The smallest absolute Gasteiger partial charge is 0.409 e. The first-order valence-corrected chi connectivity index (χ1v) is 7.77. The molecule has 3 rings (SSSR count). The van der Waals surface area contributed by atoms with Crippen LogP contribution >= 0.6 is 0 Å². The molecule has 2 N–H and O–H groups in total. The van der Waals surface area contributed by atoms with Crippen LogP contribution in [0, 0.1) is 0 Å². The second-order valence-electron chi connectivity index (χ2n) is 5.63. The number of rotatable bonds is 3. The number of carbonyl (C=O) groups excluding carboxylic acids is 1. The van der Waals surface area contributed by atoms with Gasteiger partial charge in [-0.25, -0.2) is 19.1 Å². The van der Waals surface area contributed by atoms with Gasteiger partial charge in [0.25, 0.3) is 5.56 Å². The van der Waals surface area contributed by atoms with Crippen LogP contribution in [-0.2, 0) is 4.74 Å². The third-order valence-corrected chi connectivity index (χ3v) is 4.19. The maximum absolute atomic E-state index is 12.2. The van der Waals surface area contributed by atoms with Crippen LogP contribution in [0.5, 0.6) is 0 Å². The van der Waals surface area contributed by atoms with Gasteiger partial charge in [-0.3, -0.25) is 9.89 Å². The van der Waals surface area contributed by atoms with Crippen LogP contribution in [-0.4, -0.2) is 56.4 Å². The van der Waals surface area contributed by atoms with Crippen molar-refractivity contribution in [3.63, 3.8) is 0 Å². The molecule has 0 radical (unpaired) electrons. The number of hydrogen-bond donors (Lipinski definition) is 2. The topological polar surface area (TPSA) is 117 Å². The molecular weight excluding hydrogens is 316 g/mol. The maximum atomic E-state index is 12.2. The first-order valence-electron chi connectivity index (χ1n) is 7.77. The summed E-state index contributed by atoms with van der Waals surface area (Å²) in [5.41, 5.74) is 0.275. The molecule has 1 aliphatic heterocycles. The molecule has 0 aliphatic carbocycles. The Bertz CT molecular complexity index is 832. The van der Waals surface area contributed by atoms with Gasteiger partial charge in [0, 0.05) is 31.3 Å². The lowest BCUT2D eigenvalue weighted by Crippen LogP contribution is -2.38. The van der Waals surface area contributed by atoms with Crippen LogP contribution in [0.3, 0.4) is 0 Å². The zero-order valence-corrected chi connectivity index (χ0v) is 13.2. The van der Waals surface area contributed by atoms with E-state index >= 15 is 0 Å². The highest BCUT2D eigenvalue weighted by Gasteiger charge is 2.26. The molecule has 1 amide bonds. The van der Waals surface area contributed by atoms with Gasteiger partial charge in [0.15, 0.2) is 5.65 Å². The van der Waals surface area contributed by atoms with Gasteiger partial charge >= 0.3 is 12.1 Å². The Morgan fingerprint density at radius 2 is 2.12 bits per heavy atom. The molecule has 0 atom stereocenters. The van der Waals surface area contributed by atoms with Gasteiger partial charge in [-0.2, -0.15) is 0 Å². The molecule has 1 fully saturated rings. The number of aromatic nitrogens is 3. The molecule has 3 heterocycles. The number of carbonyl (C=O) groups is 2. The number of nitrogens with zero attached hydrogens (tertiary/aromatic N) is 3. The maximum Gasteiger partial charge on any atom is 0.409 e. The fourth-order valence-corrected chi connectivity index (χ4v) is 2.94. The Labute approximate surface area is 136 Å². The molecule has 128 valence electrons. The van der Waals surface area contributed by atoms with Crippen molar-refractivity contribution in [2.45, 2.75) is 25.7 Å². The van der Waals surface area contributed by atoms with Gasteiger partial charge in [-0.05, 0) is 19.8 Å². The number of fused-ring (bicyclic) bond motifs is 1. The Balaban J connectivity index is 1.83. The third kappa shape index (κ3) is 2.84. The first-order chi connectivity index (χ1) is 11.5. The summed E-state index contributed by atoms with van der Waals surface area (Å²) < 4.78 is 6.09. The number of carboxylic acids is 1. The SMILES string of the molecule is CCOC(=O)N1CCC(c2cc(=O)n3[nH]cc(C(=O)O)c3n2)CC1. The molecule has 9 nitrogen and oxygen atoms in total. The third-order valence-electron chi connectivity index (χ3n) is 4.19. The summed E-state index contributed by atoms with van der Waals surface area (Å²) in [5.74, 6) is -1.14. The number of nitrogens with one attached hydrogen (secondary N) is 1. The lowest BCUT2D eigenvalue weighted by Gasteiger charge is -2.30. The van der Waals surface area contributed by atoms with Crippen LogP contribution in [0.2, 0.25) is 0 Å². The summed E-state index contributed by atoms with van der Waals surface area (Å²) in [7, 11) is 0. The van der Waals surface area contributed by atoms with Gasteiger partial charge in [-0.1, -0.05) is 0 Å². The molecule has 0 aromatic carbocycles. The van der Waals surface area contributed by atoms with E-state index in [9.17, 15) is 19.5 Å². The van der Waals surface area contributed by atoms with Crippen molar-refractivity contribution in [3.05, 3.63) is 33.9 Å². The standard InChI is InChI=1S/C15H18N4O5/c1-2-24-15(23)18-5-3-9(4-6-18)11-7-12(20)19-13(17-11)10(8-16-19)14(21)22/h7-9,16H,2-6H2,1H3,(H,21,22). The average Bonchev–Trinajstić information content (AvgIpc) is 3.00. The normalized spacial score (nSPS) is 15.6. The average molecular weight is 334 g/mol. The Hall–Kier alpha value is -2.84. The van der Waals surface area contributed by atoms with E-state index in [0.29, 0.717) is 38.2 Å². The zero-order valence-electron chi connectivity index (χ0n) is 13.2. The molecule has 9 heteroatoms. The van der Waals surface area contributed by atoms with E-state index in [1.54, 1.807) is 11.8 Å². The summed E-state index contributed by atoms with van der Waals surface area (Å²) in [6, 6.07) is 1.42. The Kier molecular flexibility index (Phi) is 4.24. The fourth-order valence-electron chi connectivity index (χ4n) is 2.94. The highest BCUT2D eigenvalue weighted by Crippen LogP contribution is 2.27. The second-order valence-corrected chi connectivity index (χ2v) is 5.63. The summed E-state index contributed by atoms with van der Waals surface area (Å²) in [5, 5.41) is 11.8. The zero-order chi connectivity index (χ0) is 17.3. The number of likely N-dealkylation sites (tertiary alicyclic amines) is 1. The van der Waals surface area contributed by atoms with Crippen molar-refractivity contribution in [2.24, 2.45) is 0 Å². The Morgan fingerprint density at radius 1 is 1.42 bits per heavy atom. The second kappa shape index (κ2) is 6.34. The van der Waals surface area contributed by atoms with Crippen LogP contribution in [0.1, 0.15) is 41.7 Å². The number of aromatic carboxylic acids is 1.